The van der Waals surface area contributed by atoms with Gasteiger partial charge >= 0.3 is 0 Å². The molecule has 0 amide bonds. The summed E-state index contributed by atoms with van der Waals surface area (Å²) in [6.45, 7) is 13.2. The number of aliphatic imine (C=N–C) groups is 1. The normalized spacial score (nSPS) is 17.7. The third kappa shape index (κ3) is 2.95. The van der Waals surface area contributed by atoms with Crippen LogP contribution in [0.2, 0.25) is 0 Å². The molecular weight excluding hydrogens is 184 g/mol. The van der Waals surface area contributed by atoms with Crippen molar-refractivity contribution in [2.45, 2.75) is 47.1 Å². The van der Waals surface area contributed by atoms with Crippen LogP contribution in [-0.4, -0.2) is 16.3 Å². The maximum Gasteiger partial charge on any atom is 0.114 e. The van der Waals surface area contributed by atoms with Crippen LogP contribution < -0.4 is 0 Å². The van der Waals surface area contributed by atoms with Gasteiger partial charge in [0.15, 0.2) is 0 Å². The summed E-state index contributed by atoms with van der Waals surface area (Å²) in [6.07, 6.45) is 7.97. The largest absolute Gasteiger partial charge is 0.331 e. The Morgan fingerprint density at radius 2 is 1.60 bits per heavy atom. The van der Waals surface area contributed by atoms with Gasteiger partial charge in [-0.05, 0) is 32.9 Å². The standard InChI is InChI=1S/C13H22N2/c1-12(2,3)11-14-9-7-8-10-15(11)13(4,5)6/h7-10H,1-6H3. The second-order valence-corrected chi connectivity index (χ2v) is 5.93. The van der Waals surface area contributed by atoms with E-state index in [1.807, 2.05) is 18.4 Å². The molecule has 1 aliphatic heterocycles. The SMILES string of the molecule is CC(C)(C)C1=NC=CC=CN1C(C)(C)C. The first-order valence-electron chi connectivity index (χ1n) is 5.44. The Morgan fingerprint density at radius 1 is 1.00 bits per heavy atom. The highest BCUT2D eigenvalue weighted by Gasteiger charge is 2.30. The van der Waals surface area contributed by atoms with Crippen molar-refractivity contribution in [3.63, 3.8) is 0 Å². The van der Waals surface area contributed by atoms with Gasteiger partial charge in [0.05, 0.1) is 0 Å². The van der Waals surface area contributed by atoms with Crippen LogP contribution in [0.5, 0.6) is 0 Å². The molecule has 0 aromatic carbocycles. The van der Waals surface area contributed by atoms with Crippen LogP contribution in [0, 0.1) is 5.41 Å². The predicted octanol–water partition coefficient (Wildman–Crippen LogP) is 3.57. The number of amidine groups is 1. The van der Waals surface area contributed by atoms with E-state index in [1.165, 1.54) is 0 Å². The van der Waals surface area contributed by atoms with Crippen LogP contribution in [0.15, 0.2) is 29.5 Å². The molecule has 0 atom stereocenters. The fraction of sp³-hybridized carbons (Fsp3) is 0.615. The Hall–Kier alpha value is -1.05. The molecule has 0 saturated heterocycles. The van der Waals surface area contributed by atoms with Crippen LogP contribution in [0.25, 0.3) is 0 Å². The minimum Gasteiger partial charge on any atom is -0.331 e. The molecule has 0 saturated carbocycles. The third-order valence-corrected chi connectivity index (χ3v) is 2.25. The fourth-order valence-electron chi connectivity index (χ4n) is 1.53. The number of hydrogen-bond acceptors (Lipinski definition) is 2. The number of hydrogen-bond donors (Lipinski definition) is 0. The minimum absolute atomic E-state index is 0.0618. The Balaban J connectivity index is 3.14. The van der Waals surface area contributed by atoms with Gasteiger partial charge in [0.2, 0.25) is 0 Å². The molecule has 0 aromatic rings. The Kier molecular flexibility index (Phi) is 3.08. The highest BCUT2D eigenvalue weighted by Crippen LogP contribution is 2.26. The van der Waals surface area contributed by atoms with Crippen LogP contribution in [0.4, 0.5) is 0 Å². The van der Waals surface area contributed by atoms with Gasteiger partial charge in [0.1, 0.15) is 5.84 Å². The second kappa shape index (κ2) is 3.84. The number of nitrogens with zero attached hydrogens (tertiary/aromatic N) is 2. The Morgan fingerprint density at radius 3 is 2.07 bits per heavy atom. The smallest absolute Gasteiger partial charge is 0.114 e. The van der Waals surface area contributed by atoms with Crippen LogP contribution in [-0.2, 0) is 0 Å². The summed E-state index contributed by atoms with van der Waals surface area (Å²) >= 11 is 0. The molecule has 84 valence electrons. The lowest BCUT2D eigenvalue weighted by molar-refractivity contribution is 0.286. The fourth-order valence-corrected chi connectivity index (χ4v) is 1.53. The summed E-state index contributed by atoms with van der Waals surface area (Å²) in [5.74, 6) is 1.11. The van der Waals surface area contributed by atoms with Gasteiger partial charge in [-0.15, -0.1) is 0 Å². The van der Waals surface area contributed by atoms with Gasteiger partial charge in [-0.1, -0.05) is 20.8 Å². The molecule has 0 aromatic heterocycles. The highest BCUT2D eigenvalue weighted by atomic mass is 15.2. The van der Waals surface area contributed by atoms with E-state index in [0.29, 0.717) is 0 Å². The van der Waals surface area contributed by atoms with E-state index in [2.05, 4.69) is 57.6 Å². The minimum atomic E-state index is 0.0618. The summed E-state index contributed by atoms with van der Waals surface area (Å²) < 4.78 is 0. The lowest BCUT2D eigenvalue weighted by Crippen LogP contribution is -2.46. The van der Waals surface area contributed by atoms with Crippen molar-refractivity contribution in [3.05, 3.63) is 24.6 Å². The first-order valence-corrected chi connectivity index (χ1v) is 5.44. The summed E-state index contributed by atoms with van der Waals surface area (Å²) in [6, 6.07) is 0. The first-order chi connectivity index (χ1) is 6.73. The molecule has 0 fully saturated rings. The summed E-state index contributed by atoms with van der Waals surface area (Å²) in [5.41, 5.74) is 0.126. The van der Waals surface area contributed by atoms with E-state index in [-0.39, 0.29) is 11.0 Å². The Bertz CT molecular complexity index is 308. The van der Waals surface area contributed by atoms with E-state index in [9.17, 15) is 0 Å². The maximum absolute atomic E-state index is 4.54. The van der Waals surface area contributed by atoms with Gasteiger partial charge in [-0.2, -0.15) is 0 Å². The molecule has 0 N–H and O–H groups in total. The van der Waals surface area contributed by atoms with Crippen LogP contribution in [0.3, 0.4) is 0 Å². The number of rotatable bonds is 0. The molecule has 0 bridgehead atoms. The predicted molar refractivity (Wildman–Crippen MR) is 66.8 cm³/mol. The van der Waals surface area contributed by atoms with E-state index in [4.69, 9.17) is 0 Å². The monoisotopic (exact) mass is 206 g/mol. The third-order valence-electron chi connectivity index (χ3n) is 2.25. The van der Waals surface area contributed by atoms with Crippen LogP contribution in [0.1, 0.15) is 41.5 Å². The van der Waals surface area contributed by atoms with Crippen molar-refractivity contribution in [2.24, 2.45) is 10.4 Å². The van der Waals surface area contributed by atoms with Crippen molar-refractivity contribution in [3.8, 4) is 0 Å². The molecule has 15 heavy (non-hydrogen) atoms. The van der Waals surface area contributed by atoms with E-state index in [1.54, 1.807) is 0 Å². The van der Waals surface area contributed by atoms with Crippen molar-refractivity contribution in [1.82, 2.24) is 4.90 Å². The quantitative estimate of drug-likeness (QED) is 0.591. The molecule has 1 rings (SSSR count). The van der Waals surface area contributed by atoms with E-state index in [0.717, 1.165) is 5.84 Å². The van der Waals surface area contributed by atoms with Crippen LogP contribution >= 0.6 is 0 Å². The zero-order valence-corrected chi connectivity index (χ0v) is 10.7. The van der Waals surface area contributed by atoms with Crippen molar-refractivity contribution in [2.75, 3.05) is 0 Å². The molecular formula is C13H22N2. The summed E-state index contributed by atoms with van der Waals surface area (Å²) in [4.78, 5) is 6.78. The average Bonchev–Trinajstić information content (AvgIpc) is 2.24. The Labute approximate surface area is 93.4 Å². The van der Waals surface area contributed by atoms with Gasteiger partial charge < -0.3 is 4.90 Å². The molecule has 1 aliphatic rings. The van der Waals surface area contributed by atoms with E-state index < -0.39 is 0 Å². The van der Waals surface area contributed by atoms with Crippen molar-refractivity contribution in [1.29, 1.82) is 0 Å². The lowest BCUT2D eigenvalue weighted by atomic mass is 9.91. The molecule has 0 spiro atoms. The lowest BCUT2D eigenvalue weighted by Gasteiger charge is -2.39. The molecule has 0 unspecified atom stereocenters. The van der Waals surface area contributed by atoms with Gasteiger partial charge in [0.25, 0.3) is 0 Å². The average molecular weight is 206 g/mol. The second-order valence-electron chi connectivity index (χ2n) is 5.93. The van der Waals surface area contributed by atoms with Gasteiger partial charge in [0, 0.05) is 23.4 Å². The summed E-state index contributed by atoms with van der Waals surface area (Å²) in [5, 5.41) is 0. The van der Waals surface area contributed by atoms with E-state index >= 15 is 0 Å². The maximum atomic E-state index is 4.54. The van der Waals surface area contributed by atoms with Gasteiger partial charge in [-0.3, -0.25) is 0 Å². The highest BCUT2D eigenvalue weighted by molar-refractivity contribution is 5.89. The molecule has 0 aliphatic carbocycles. The zero-order valence-electron chi connectivity index (χ0n) is 10.7. The number of allylic oxidation sites excluding steroid dienone is 2. The first kappa shape index (κ1) is 12.0. The van der Waals surface area contributed by atoms with Crippen molar-refractivity contribution >= 4 is 5.84 Å². The topological polar surface area (TPSA) is 15.6 Å². The molecule has 2 nitrogen and oxygen atoms in total. The summed E-state index contributed by atoms with van der Waals surface area (Å²) in [7, 11) is 0. The molecule has 0 radical (unpaired) electrons. The molecule has 2 heteroatoms. The molecule has 1 heterocycles. The van der Waals surface area contributed by atoms with Crippen molar-refractivity contribution < 1.29 is 0 Å². The zero-order chi connectivity index (χ0) is 11.7. The van der Waals surface area contributed by atoms with Gasteiger partial charge in [-0.25, -0.2) is 4.99 Å².